The number of halogens is 4. The monoisotopic (exact) mass is 409 g/mol. The minimum atomic E-state index is -4.57. The standard InChI is InChI=1S/C19H19ClF3N5/c20-17-15(19(21,22)23)8-25-18(27-17)26-16-4-3-12(6-14(16)10-1-2-10)28-9-11-5-13(28)7-24-11/h3-4,6,8,10-11,13,24H,1-2,5,7,9H2,(H,25,26,27)/t11-,13-/m0/s1. The van der Waals surface area contributed by atoms with E-state index in [0.29, 0.717) is 18.0 Å². The zero-order valence-electron chi connectivity index (χ0n) is 14.9. The molecule has 9 heteroatoms. The number of piperazine rings is 1. The molecule has 3 fully saturated rings. The van der Waals surface area contributed by atoms with Gasteiger partial charge in [-0.25, -0.2) is 9.97 Å². The Hall–Kier alpha value is -2.06. The van der Waals surface area contributed by atoms with Gasteiger partial charge in [0.15, 0.2) is 0 Å². The van der Waals surface area contributed by atoms with E-state index < -0.39 is 16.9 Å². The van der Waals surface area contributed by atoms with Crippen molar-refractivity contribution in [3.05, 3.63) is 40.7 Å². The lowest BCUT2D eigenvalue weighted by Gasteiger charge is -2.30. The Bertz CT molecular complexity index is 915. The summed E-state index contributed by atoms with van der Waals surface area (Å²) in [6, 6.07) is 7.33. The number of hydrogen-bond acceptors (Lipinski definition) is 5. The maximum atomic E-state index is 12.8. The highest BCUT2D eigenvalue weighted by Crippen LogP contribution is 2.46. The number of anilines is 3. The summed E-state index contributed by atoms with van der Waals surface area (Å²) in [5, 5.41) is 5.97. The largest absolute Gasteiger partial charge is 0.420 e. The molecule has 0 radical (unpaired) electrons. The molecule has 2 bridgehead atoms. The van der Waals surface area contributed by atoms with Crippen LogP contribution in [0.15, 0.2) is 24.4 Å². The molecule has 148 valence electrons. The molecular weight excluding hydrogens is 391 g/mol. The first-order valence-electron chi connectivity index (χ1n) is 9.39. The van der Waals surface area contributed by atoms with Crippen LogP contribution in [0.25, 0.3) is 0 Å². The second-order valence-electron chi connectivity index (χ2n) is 7.71. The van der Waals surface area contributed by atoms with Gasteiger partial charge >= 0.3 is 6.18 Å². The van der Waals surface area contributed by atoms with Gasteiger partial charge < -0.3 is 15.5 Å². The van der Waals surface area contributed by atoms with Crippen LogP contribution in [-0.4, -0.2) is 35.1 Å². The number of nitrogens with one attached hydrogen (secondary N) is 2. The van der Waals surface area contributed by atoms with Gasteiger partial charge in [-0.15, -0.1) is 0 Å². The van der Waals surface area contributed by atoms with Gasteiger partial charge in [-0.1, -0.05) is 11.6 Å². The molecule has 0 spiro atoms. The molecule has 2 aromatic rings. The van der Waals surface area contributed by atoms with Gasteiger partial charge in [-0.2, -0.15) is 13.2 Å². The van der Waals surface area contributed by atoms with Crippen LogP contribution in [0, 0.1) is 0 Å². The maximum Gasteiger partial charge on any atom is 0.420 e. The van der Waals surface area contributed by atoms with Gasteiger partial charge in [-0.05, 0) is 48.9 Å². The quantitative estimate of drug-likeness (QED) is 0.736. The lowest BCUT2D eigenvalue weighted by Crippen LogP contribution is -2.43. The number of alkyl halides is 3. The lowest BCUT2D eigenvalue weighted by molar-refractivity contribution is -0.137. The van der Waals surface area contributed by atoms with Crippen LogP contribution in [0.1, 0.15) is 36.3 Å². The van der Waals surface area contributed by atoms with Crippen molar-refractivity contribution in [2.75, 3.05) is 23.3 Å². The summed E-state index contributed by atoms with van der Waals surface area (Å²) in [5.41, 5.74) is 2.15. The van der Waals surface area contributed by atoms with Crippen molar-refractivity contribution in [2.45, 2.75) is 43.4 Å². The Morgan fingerprint density at radius 1 is 1.25 bits per heavy atom. The number of benzene rings is 1. The van der Waals surface area contributed by atoms with Crippen molar-refractivity contribution in [2.24, 2.45) is 0 Å². The van der Waals surface area contributed by atoms with Crippen LogP contribution in [0.5, 0.6) is 0 Å². The van der Waals surface area contributed by atoms with E-state index in [1.165, 1.54) is 12.1 Å². The fourth-order valence-electron chi connectivity index (χ4n) is 4.18. The molecule has 1 aliphatic carbocycles. The lowest BCUT2D eigenvalue weighted by atomic mass is 10.1. The number of aromatic nitrogens is 2. The highest BCUT2D eigenvalue weighted by Gasteiger charge is 2.38. The molecule has 1 saturated carbocycles. The van der Waals surface area contributed by atoms with E-state index in [9.17, 15) is 13.2 Å². The van der Waals surface area contributed by atoms with Crippen molar-refractivity contribution < 1.29 is 13.2 Å². The van der Waals surface area contributed by atoms with E-state index in [4.69, 9.17) is 11.6 Å². The predicted molar refractivity (Wildman–Crippen MR) is 101 cm³/mol. The zero-order valence-corrected chi connectivity index (χ0v) is 15.7. The van der Waals surface area contributed by atoms with Gasteiger partial charge in [0.2, 0.25) is 5.95 Å². The van der Waals surface area contributed by atoms with E-state index in [1.54, 1.807) is 0 Å². The molecule has 2 saturated heterocycles. The Morgan fingerprint density at radius 2 is 2.07 bits per heavy atom. The SMILES string of the molecule is FC(F)(F)c1cnc(Nc2ccc(N3C[C@@H]4C[C@H]3CN4)cc2C2CC2)nc1Cl. The summed E-state index contributed by atoms with van der Waals surface area (Å²) in [7, 11) is 0. The van der Waals surface area contributed by atoms with Crippen molar-refractivity contribution in [3.8, 4) is 0 Å². The van der Waals surface area contributed by atoms with E-state index >= 15 is 0 Å². The summed E-state index contributed by atoms with van der Waals surface area (Å²) >= 11 is 5.72. The molecule has 5 rings (SSSR count). The van der Waals surface area contributed by atoms with E-state index in [-0.39, 0.29) is 5.95 Å². The smallest absolute Gasteiger partial charge is 0.366 e. The Labute approximate surface area is 165 Å². The van der Waals surface area contributed by atoms with Crippen LogP contribution in [0.4, 0.5) is 30.5 Å². The van der Waals surface area contributed by atoms with Gasteiger partial charge in [0.1, 0.15) is 10.7 Å². The summed E-state index contributed by atoms with van der Waals surface area (Å²) in [6.07, 6.45) is -0.450. The third-order valence-electron chi connectivity index (χ3n) is 5.73. The van der Waals surface area contributed by atoms with Crippen molar-refractivity contribution >= 4 is 28.9 Å². The molecule has 1 aromatic carbocycles. The molecule has 0 amide bonds. The topological polar surface area (TPSA) is 53.1 Å². The summed E-state index contributed by atoms with van der Waals surface area (Å²) in [6.45, 7) is 2.03. The normalized spacial score (nSPS) is 24.1. The molecular formula is C19H19ClF3N5. The number of fused-ring (bicyclic) bond motifs is 2. The van der Waals surface area contributed by atoms with Crippen molar-refractivity contribution in [1.29, 1.82) is 0 Å². The highest BCUT2D eigenvalue weighted by molar-refractivity contribution is 6.30. The highest BCUT2D eigenvalue weighted by atomic mass is 35.5. The second kappa shape index (κ2) is 6.49. The molecule has 0 unspecified atom stereocenters. The van der Waals surface area contributed by atoms with Crippen LogP contribution in [0.2, 0.25) is 5.15 Å². The summed E-state index contributed by atoms with van der Waals surface area (Å²) < 4.78 is 38.5. The minimum absolute atomic E-state index is 0.0667. The Balaban J connectivity index is 1.42. The molecule has 1 aromatic heterocycles. The van der Waals surface area contributed by atoms with E-state index in [0.717, 1.165) is 43.4 Å². The molecule has 3 aliphatic rings. The van der Waals surface area contributed by atoms with Crippen molar-refractivity contribution in [3.63, 3.8) is 0 Å². The Kier molecular flexibility index (Phi) is 4.17. The second-order valence-corrected chi connectivity index (χ2v) is 8.07. The van der Waals surface area contributed by atoms with Gasteiger partial charge in [-0.3, -0.25) is 0 Å². The van der Waals surface area contributed by atoms with Gasteiger partial charge in [0, 0.05) is 42.7 Å². The van der Waals surface area contributed by atoms with Gasteiger partial charge in [0.25, 0.3) is 0 Å². The third-order valence-corrected chi connectivity index (χ3v) is 6.02. The van der Waals surface area contributed by atoms with E-state index in [1.807, 2.05) is 6.07 Å². The molecule has 2 atom stereocenters. The summed E-state index contributed by atoms with van der Waals surface area (Å²) in [4.78, 5) is 10.0. The first-order valence-corrected chi connectivity index (χ1v) is 9.77. The molecule has 2 aliphatic heterocycles. The minimum Gasteiger partial charge on any atom is -0.366 e. The molecule has 2 N–H and O–H groups in total. The van der Waals surface area contributed by atoms with Crippen LogP contribution in [-0.2, 0) is 6.18 Å². The fourth-order valence-corrected chi connectivity index (χ4v) is 4.42. The van der Waals surface area contributed by atoms with Gasteiger partial charge in [0.05, 0.1) is 0 Å². The van der Waals surface area contributed by atoms with Crippen LogP contribution in [0.3, 0.4) is 0 Å². The predicted octanol–water partition coefficient (Wildman–Crippen LogP) is 4.32. The number of hydrogen-bond donors (Lipinski definition) is 2. The molecule has 28 heavy (non-hydrogen) atoms. The Morgan fingerprint density at radius 3 is 2.68 bits per heavy atom. The van der Waals surface area contributed by atoms with Crippen LogP contribution >= 0.6 is 11.6 Å². The molecule has 5 nitrogen and oxygen atoms in total. The maximum absolute atomic E-state index is 12.8. The average Bonchev–Trinajstić information content (AvgIpc) is 3.27. The van der Waals surface area contributed by atoms with Crippen molar-refractivity contribution in [1.82, 2.24) is 15.3 Å². The first kappa shape index (κ1) is 18.0. The first-order chi connectivity index (χ1) is 13.4. The number of rotatable bonds is 4. The molecule has 3 heterocycles. The fraction of sp³-hybridized carbons (Fsp3) is 0.474. The van der Waals surface area contributed by atoms with E-state index in [2.05, 4.69) is 37.6 Å². The third kappa shape index (κ3) is 3.28. The zero-order chi connectivity index (χ0) is 19.5. The average molecular weight is 410 g/mol. The van der Waals surface area contributed by atoms with Crippen LogP contribution < -0.4 is 15.5 Å². The number of nitrogens with zero attached hydrogens (tertiary/aromatic N) is 3. The summed E-state index contributed by atoms with van der Waals surface area (Å²) in [5.74, 6) is 0.530.